The summed E-state index contributed by atoms with van der Waals surface area (Å²) in [5.41, 5.74) is 0. The summed E-state index contributed by atoms with van der Waals surface area (Å²) >= 11 is 0. The number of phosphoric acid groups is 1. The van der Waals surface area contributed by atoms with Gasteiger partial charge in [-0.05, 0) is 44.9 Å². The van der Waals surface area contributed by atoms with Gasteiger partial charge in [0.1, 0.15) is 19.8 Å². The number of phosphoric ester groups is 1. The van der Waals surface area contributed by atoms with E-state index in [-0.39, 0.29) is 26.1 Å². The van der Waals surface area contributed by atoms with Crippen LogP contribution in [0.2, 0.25) is 0 Å². The zero-order valence-electron chi connectivity index (χ0n) is 32.8. The Kier molecular flexibility index (Phi) is 32.3. The molecular weight excluding hydrogens is 653 g/mol. The fraction of sp³-hybridized carbons (Fsp3) is 0.850. The number of rotatable bonds is 36. The summed E-state index contributed by atoms with van der Waals surface area (Å²) in [4.78, 5) is 37.2. The largest absolute Gasteiger partial charge is 0.756 e. The van der Waals surface area contributed by atoms with Crippen LogP contribution in [0.25, 0.3) is 0 Å². The van der Waals surface area contributed by atoms with Crippen LogP contribution in [0.5, 0.6) is 0 Å². The van der Waals surface area contributed by atoms with Crippen molar-refractivity contribution >= 4 is 19.8 Å². The van der Waals surface area contributed by atoms with Crippen molar-refractivity contribution in [1.29, 1.82) is 0 Å². The van der Waals surface area contributed by atoms with Crippen molar-refractivity contribution in [1.82, 2.24) is 0 Å². The number of carbonyl (C=O) groups excluding carboxylic acids is 2. The Morgan fingerprint density at radius 3 is 1.62 bits per heavy atom. The molecule has 0 aromatic heterocycles. The number of ether oxygens (including phenoxy) is 2. The fourth-order valence-electron chi connectivity index (χ4n) is 5.27. The van der Waals surface area contributed by atoms with Gasteiger partial charge in [0, 0.05) is 12.8 Å². The minimum Gasteiger partial charge on any atom is -0.756 e. The predicted octanol–water partition coefficient (Wildman–Crippen LogP) is 10.2. The molecule has 0 aliphatic carbocycles. The monoisotopic (exact) mass is 730 g/mol. The van der Waals surface area contributed by atoms with Crippen molar-refractivity contribution in [3.8, 4) is 0 Å². The van der Waals surface area contributed by atoms with Gasteiger partial charge < -0.3 is 27.9 Å². The van der Waals surface area contributed by atoms with Crippen LogP contribution in [0.15, 0.2) is 24.3 Å². The average molecular weight is 730 g/mol. The lowest BCUT2D eigenvalue weighted by Gasteiger charge is -2.28. The normalized spacial score (nSPS) is 14.0. The van der Waals surface area contributed by atoms with Crippen LogP contribution < -0.4 is 4.89 Å². The zero-order valence-corrected chi connectivity index (χ0v) is 33.7. The predicted molar refractivity (Wildman–Crippen MR) is 204 cm³/mol. The van der Waals surface area contributed by atoms with Gasteiger partial charge in [0.25, 0.3) is 7.82 Å². The number of unbranched alkanes of at least 4 members (excludes halogenated alkanes) is 18. The second kappa shape index (κ2) is 33.3. The molecule has 0 aromatic rings. The van der Waals surface area contributed by atoms with Crippen LogP contribution in [-0.2, 0) is 32.7 Å². The Hall–Kier alpha value is -1.51. The smallest absolute Gasteiger partial charge is 0.306 e. The third-order valence-corrected chi connectivity index (χ3v) is 9.44. The summed E-state index contributed by atoms with van der Waals surface area (Å²) in [6.07, 6.45) is 33.6. The van der Waals surface area contributed by atoms with E-state index in [1.54, 1.807) is 0 Å². The Bertz CT molecular complexity index is 918. The molecule has 294 valence electrons. The molecular formula is C40H76NO8P. The molecule has 2 unspecified atom stereocenters. The third kappa shape index (κ3) is 36.3. The van der Waals surface area contributed by atoms with Crippen molar-refractivity contribution < 1.29 is 42.1 Å². The van der Waals surface area contributed by atoms with Gasteiger partial charge in [-0.1, -0.05) is 134 Å². The fourth-order valence-corrected chi connectivity index (χ4v) is 6.00. The molecule has 50 heavy (non-hydrogen) atoms. The second-order valence-corrected chi connectivity index (χ2v) is 16.1. The van der Waals surface area contributed by atoms with Crippen molar-refractivity contribution in [2.75, 3.05) is 47.5 Å². The first-order valence-corrected chi connectivity index (χ1v) is 21.5. The van der Waals surface area contributed by atoms with E-state index in [1.165, 1.54) is 83.5 Å². The Balaban J connectivity index is 4.29. The van der Waals surface area contributed by atoms with E-state index in [1.807, 2.05) is 21.1 Å². The second-order valence-electron chi connectivity index (χ2n) is 14.7. The lowest BCUT2D eigenvalue weighted by atomic mass is 10.1. The Morgan fingerprint density at radius 1 is 0.620 bits per heavy atom. The van der Waals surface area contributed by atoms with Gasteiger partial charge in [-0.2, -0.15) is 0 Å². The van der Waals surface area contributed by atoms with Crippen LogP contribution in [-0.4, -0.2) is 70.0 Å². The minimum absolute atomic E-state index is 0.0304. The van der Waals surface area contributed by atoms with E-state index >= 15 is 0 Å². The van der Waals surface area contributed by atoms with Crippen molar-refractivity contribution in [2.45, 2.75) is 174 Å². The number of hydrogen-bond donors (Lipinski definition) is 0. The highest BCUT2D eigenvalue weighted by atomic mass is 31.2. The molecule has 0 aliphatic heterocycles. The molecule has 0 fully saturated rings. The van der Waals surface area contributed by atoms with E-state index < -0.39 is 32.5 Å². The summed E-state index contributed by atoms with van der Waals surface area (Å²) in [6.45, 7) is 4.14. The Labute approximate surface area is 307 Å². The first-order chi connectivity index (χ1) is 24.0. The van der Waals surface area contributed by atoms with E-state index in [0.29, 0.717) is 17.4 Å². The quantitative estimate of drug-likeness (QED) is 0.0206. The highest BCUT2D eigenvalue weighted by Crippen LogP contribution is 2.38. The first-order valence-electron chi connectivity index (χ1n) is 20.0. The van der Waals surface area contributed by atoms with E-state index in [2.05, 4.69) is 38.2 Å². The van der Waals surface area contributed by atoms with E-state index in [4.69, 9.17) is 18.5 Å². The number of esters is 2. The van der Waals surface area contributed by atoms with Gasteiger partial charge in [-0.3, -0.25) is 14.2 Å². The molecule has 9 nitrogen and oxygen atoms in total. The molecule has 0 saturated carbocycles. The summed E-state index contributed by atoms with van der Waals surface area (Å²) < 4.78 is 33.7. The molecule has 0 rings (SSSR count). The molecule has 0 radical (unpaired) electrons. The van der Waals surface area contributed by atoms with Gasteiger partial charge in [-0.15, -0.1) is 0 Å². The molecule has 0 spiro atoms. The maximum atomic E-state index is 12.6. The van der Waals surface area contributed by atoms with Crippen LogP contribution in [0.1, 0.15) is 168 Å². The maximum absolute atomic E-state index is 12.6. The number of quaternary nitrogens is 1. The van der Waals surface area contributed by atoms with Crippen LogP contribution in [0.3, 0.4) is 0 Å². The van der Waals surface area contributed by atoms with E-state index in [0.717, 1.165) is 51.4 Å². The van der Waals surface area contributed by atoms with Crippen molar-refractivity contribution in [3.63, 3.8) is 0 Å². The molecule has 2 atom stereocenters. The molecule has 0 amide bonds. The lowest BCUT2D eigenvalue weighted by Crippen LogP contribution is -2.37. The minimum atomic E-state index is -4.61. The van der Waals surface area contributed by atoms with Crippen molar-refractivity contribution in [3.05, 3.63) is 24.3 Å². The Morgan fingerprint density at radius 2 is 1.08 bits per heavy atom. The number of nitrogens with zero attached hydrogens (tertiary/aromatic N) is 1. The summed E-state index contributed by atoms with van der Waals surface area (Å²) in [7, 11) is 1.16. The van der Waals surface area contributed by atoms with Crippen LogP contribution >= 0.6 is 7.82 Å². The van der Waals surface area contributed by atoms with Gasteiger partial charge in [-0.25, -0.2) is 0 Å². The molecule has 0 N–H and O–H groups in total. The highest BCUT2D eigenvalue weighted by molar-refractivity contribution is 7.45. The maximum Gasteiger partial charge on any atom is 0.306 e. The molecule has 0 aliphatic rings. The topological polar surface area (TPSA) is 111 Å². The molecule has 0 bridgehead atoms. The summed E-state index contributed by atoms with van der Waals surface area (Å²) in [6, 6.07) is 0. The number of likely N-dealkylation sites (N-methyl/N-ethyl adjacent to an activating group) is 1. The highest BCUT2D eigenvalue weighted by Gasteiger charge is 2.21. The van der Waals surface area contributed by atoms with Crippen LogP contribution in [0.4, 0.5) is 0 Å². The number of allylic oxidation sites excluding steroid dienone is 4. The molecule has 0 aromatic carbocycles. The summed E-state index contributed by atoms with van der Waals surface area (Å²) in [5.74, 6) is -0.845. The number of hydrogen-bond acceptors (Lipinski definition) is 8. The van der Waals surface area contributed by atoms with Gasteiger partial charge in [0.2, 0.25) is 0 Å². The van der Waals surface area contributed by atoms with Crippen LogP contribution in [0, 0.1) is 0 Å². The third-order valence-electron chi connectivity index (χ3n) is 8.47. The average Bonchev–Trinajstić information content (AvgIpc) is 3.06. The van der Waals surface area contributed by atoms with Crippen molar-refractivity contribution in [2.24, 2.45) is 0 Å². The molecule has 10 heteroatoms. The SMILES string of the molecule is CCCCC/C=C\C/C=C\CCCCCCCCCCCC(=O)OC(COC(=O)CCCCCCCCC)COP(=O)([O-])OCC[N+](C)(C)C. The molecule has 0 heterocycles. The molecule has 0 saturated heterocycles. The van der Waals surface area contributed by atoms with Gasteiger partial charge in [0.15, 0.2) is 6.10 Å². The van der Waals surface area contributed by atoms with Gasteiger partial charge in [0.05, 0.1) is 27.7 Å². The zero-order chi connectivity index (χ0) is 37.2. The lowest BCUT2D eigenvalue weighted by molar-refractivity contribution is -0.870. The van der Waals surface area contributed by atoms with Gasteiger partial charge >= 0.3 is 11.9 Å². The van der Waals surface area contributed by atoms with E-state index in [9.17, 15) is 19.0 Å². The summed E-state index contributed by atoms with van der Waals surface area (Å²) in [5, 5.41) is 0. The number of carbonyl (C=O) groups is 2. The first kappa shape index (κ1) is 48.5. The standard InChI is InChI=1S/C40H76NO8P/c1-6-8-10-12-14-15-16-17-18-19-20-21-22-23-24-25-27-29-31-33-40(43)49-38(37-48-50(44,45)47-35-34-41(3,4)5)36-46-39(42)32-30-28-26-13-11-9-7-2/h14-15,17-18,38H,6-13,16,19-37H2,1-5H3/b15-14-,18-17-.